The molecule has 1 saturated carbocycles. The summed E-state index contributed by atoms with van der Waals surface area (Å²) < 4.78 is 0. The second-order valence-electron chi connectivity index (χ2n) is 7.49. The average Bonchev–Trinajstić information content (AvgIpc) is 2.46. The van der Waals surface area contributed by atoms with Crippen molar-refractivity contribution in [3.8, 4) is 0 Å². The molecule has 3 heteroatoms. The fraction of sp³-hybridized carbons (Fsp3) is 0.722. The van der Waals surface area contributed by atoms with Gasteiger partial charge in [-0.3, -0.25) is 4.98 Å². The first-order valence-corrected chi connectivity index (χ1v) is 8.35. The van der Waals surface area contributed by atoms with E-state index < -0.39 is 0 Å². The standard InChI is InChI=1S/C18H31N3/c1-18(2,3)20-13-16-12-19-11-10-17(16)21(4)14-15-8-6-5-7-9-15/h10-12,15,20H,5-9,13-14H2,1-4H3. The minimum Gasteiger partial charge on any atom is -0.374 e. The second kappa shape index (κ2) is 7.26. The molecule has 0 amide bonds. The van der Waals surface area contributed by atoms with Gasteiger partial charge in [0.2, 0.25) is 0 Å². The van der Waals surface area contributed by atoms with E-state index in [9.17, 15) is 0 Å². The Morgan fingerprint density at radius 3 is 2.62 bits per heavy atom. The first-order valence-electron chi connectivity index (χ1n) is 8.35. The number of aromatic nitrogens is 1. The van der Waals surface area contributed by atoms with E-state index in [1.807, 2.05) is 12.4 Å². The maximum absolute atomic E-state index is 4.31. The predicted molar refractivity (Wildman–Crippen MR) is 90.7 cm³/mol. The molecule has 0 saturated heterocycles. The van der Waals surface area contributed by atoms with Crippen LogP contribution in [0.15, 0.2) is 18.5 Å². The summed E-state index contributed by atoms with van der Waals surface area (Å²) in [6, 6.07) is 2.16. The number of nitrogens with one attached hydrogen (secondary N) is 1. The molecule has 118 valence electrons. The summed E-state index contributed by atoms with van der Waals surface area (Å²) in [6.07, 6.45) is 10.9. The van der Waals surface area contributed by atoms with E-state index in [0.29, 0.717) is 0 Å². The Morgan fingerprint density at radius 2 is 1.95 bits per heavy atom. The van der Waals surface area contributed by atoms with Gasteiger partial charge < -0.3 is 10.2 Å². The molecule has 0 aliphatic heterocycles. The van der Waals surface area contributed by atoms with Gasteiger partial charge >= 0.3 is 0 Å². The third-order valence-electron chi connectivity index (χ3n) is 4.36. The minimum atomic E-state index is 0.134. The highest BCUT2D eigenvalue weighted by Gasteiger charge is 2.17. The van der Waals surface area contributed by atoms with Crippen LogP contribution >= 0.6 is 0 Å². The van der Waals surface area contributed by atoms with Gasteiger partial charge in [-0.2, -0.15) is 0 Å². The molecule has 0 radical (unpaired) electrons. The lowest BCUT2D eigenvalue weighted by atomic mass is 9.89. The lowest BCUT2D eigenvalue weighted by Crippen LogP contribution is -2.36. The van der Waals surface area contributed by atoms with Crippen LogP contribution in [0.1, 0.15) is 58.4 Å². The van der Waals surface area contributed by atoms with Crippen LogP contribution in [0.5, 0.6) is 0 Å². The molecule has 2 rings (SSSR count). The molecule has 1 aromatic rings. The van der Waals surface area contributed by atoms with Crippen LogP contribution < -0.4 is 10.2 Å². The van der Waals surface area contributed by atoms with E-state index >= 15 is 0 Å². The van der Waals surface area contributed by atoms with Crippen molar-refractivity contribution in [2.24, 2.45) is 5.92 Å². The van der Waals surface area contributed by atoms with Crippen molar-refractivity contribution >= 4 is 5.69 Å². The van der Waals surface area contributed by atoms with Gasteiger partial charge in [-0.25, -0.2) is 0 Å². The van der Waals surface area contributed by atoms with Crippen LogP contribution in [-0.2, 0) is 6.54 Å². The Morgan fingerprint density at radius 1 is 1.24 bits per heavy atom. The summed E-state index contributed by atoms with van der Waals surface area (Å²) in [4.78, 5) is 6.74. The van der Waals surface area contributed by atoms with E-state index in [2.05, 4.69) is 49.1 Å². The fourth-order valence-corrected chi connectivity index (χ4v) is 3.14. The van der Waals surface area contributed by atoms with E-state index in [1.54, 1.807) is 0 Å². The zero-order valence-corrected chi connectivity index (χ0v) is 14.2. The topological polar surface area (TPSA) is 28.2 Å². The second-order valence-corrected chi connectivity index (χ2v) is 7.49. The van der Waals surface area contributed by atoms with E-state index in [4.69, 9.17) is 0 Å². The smallest absolute Gasteiger partial charge is 0.0440 e. The van der Waals surface area contributed by atoms with Gasteiger partial charge in [0.25, 0.3) is 0 Å². The van der Waals surface area contributed by atoms with Crippen molar-refractivity contribution in [3.63, 3.8) is 0 Å². The predicted octanol–water partition coefficient (Wildman–Crippen LogP) is 3.99. The van der Waals surface area contributed by atoms with Crippen LogP contribution in [0.2, 0.25) is 0 Å². The Labute approximate surface area is 130 Å². The molecule has 3 nitrogen and oxygen atoms in total. The number of hydrogen-bond donors (Lipinski definition) is 1. The van der Waals surface area contributed by atoms with Gasteiger partial charge in [0.15, 0.2) is 0 Å². The van der Waals surface area contributed by atoms with Crippen molar-refractivity contribution in [2.45, 2.75) is 65.0 Å². The average molecular weight is 289 g/mol. The van der Waals surface area contributed by atoms with Crippen molar-refractivity contribution in [1.29, 1.82) is 0 Å². The molecule has 1 heterocycles. The molecular weight excluding hydrogens is 258 g/mol. The highest BCUT2D eigenvalue weighted by Crippen LogP contribution is 2.27. The molecule has 21 heavy (non-hydrogen) atoms. The molecular formula is C18H31N3. The molecule has 1 aliphatic rings. The maximum atomic E-state index is 4.31. The van der Waals surface area contributed by atoms with Gasteiger partial charge in [-0.05, 0) is 45.6 Å². The summed E-state index contributed by atoms with van der Waals surface area (Å²) >= 11 is 0. The quantitative estimate of drug-likeness (QED) is 0.888. The number of nitrogens with zero attached hydrogens (tertiary/aromatic N) is 2. The molecule has 1 aliphatic carbocycles. The molecule has 1 aromatic heterocycles. The number of pyridine rings is 1. The van der Waals surface area contributed by atoms with Gasteiger partial charge in [-0.1, -0.05) is 19.3 Å². The summed E-state index contributed by atoms with van der Waals surface area (Å²) in [6.45, 7) is 8.66. The monoisotopic (exact) mass is 289 g/mol. The zero-order chi connectivity index (χ0) is 15.3. The molecule has 1 N–H and O–H groups in total. The molecule has 0 atom stereocenters. The van der Waals surface area contributed by atoms with Gasteiger partial charge in [0.05, 0.1) is 0 Å². The first-order chi connectivity index (χ1) is 9.96. The highest BCUT2D eigenvalue weighted by atomic mass is 15.1. The zero-order valence-electron chi connectivity index (χ0n) is 14.2. The molecule has 0 aromatic carbocycles. The van der Waals surface area contributed by atoms with E-state index in [0.717, 1.165) is 12.5 Å². The molecule has 0 bridgehead atoms. The summed E-state index contributed by atoms with van der Waals surface area (Å²) in [7, 11) is 2.23. The van der Waals surface area contributed by atoms with E-state index in [1.165, 1.54) is 49.9 Å². The van der Waals surface area contributed by atoms with Crippen molar-refractivity contribution in [3.05, 3.63) is 24.0 Å². The molecule has 0 unspecified atom stereocenters. The van der Waals surface area contributed by atoms with Crippen LogP contribution in [-0.4, -0.2) is 24.1 Å². The summed E-state index contributed by atoms with van der Waals surface area (Å²) in [5.41, 5.74) is 2.76. The van der Waals surface area contributed by atoms with Gasteiger partial charge in [0, 0.05) is 49.3 Å². The molecule has 1 fully saturated rings. The van der Waals surface area contributed by atoms with Crippen LogP contribution in [0.4, 0.5) is 5.69 Å². The lowest BCUT2D eigenvalue weighted by Gasteiger charge is -2.30. The van der Waals surface area contributed by atoms with Gasteiger partial charge in [0.1, 0.15) is 0 Å². The Hall–Kier alpha value is -1.09. The first kappa shape index (κ1) is 16.3. The number of rotatable bonds is 5. The van der Waals surface area contributed by atoms with Crippen molar-refractivity contribution in [1.82, 2.24) is 10.3 Å². The SMILES string of the molecule is CN(CC1CCCCC1)c1ccncc1CNC(C)(C)C. The highest BCUT2D eigenvalue weighted by molar-refractivity contribution is 5.51. The maximum Gasteiger partial charge on any atom is 0.0440 e. The summed E-state index contributed by atoms with van der Waals surface area (Å²) in [5, 5.41) is 3.57. The lowest BCUT2D eigenvalue weighted by molar-refractivity contribution is 0.361. The Kier molecular flexibility index (Phi) is 5.63. The van der Waals surface area contributed by atoms with Crippen LogP contribution in [0.25, 0.3) is 0 Å². The third kappa shape index (κ3) is 5.31. The Balaban J connectivity index is 2.00. The van der Waals surface area contributed by atoms with E-state index in [-0.39, 0.29) is 5.54 Å². The third-order valence-corrected chi connectivity index (χ3v) is 4.36. The molecule has 0 spiro atoms. The minimum absolute atomic E-state index is 0.134. The fourth-order valence-electron chi connectivity index (χ4n) is 3.14. The summed E-state index contributed by atoms with van der Waals surface area (Å²) in [5.74, 6) is 0.861. The van der Waals surface area contributed by atoms with Crippen molar-refractivity contribution < 1.29 is 0 Å². The number of hydrogen-bond acceptors (Lipinski definition) is 3. The van der Waals surface area contributed by atoms with Crippen LogP contribution in [0, 0.1) is 5.92 Å². The number of anilines is 1. The van der Waals surface area contributed by atoms with Crippen molar-refractivity contribution in [2.75, 3.05) is 18.5 Å². The largest absolute Gasteiger partial charge is 0.374 e. The van der Waals surface area contributed by atoms with Gasteiger partial charge in [-0.15, -0.1) is 0 Å². The van der Waals surface area contributed by atoms with Crippen LogP contribution in [0.3, 0.4) is 0 Å². The normalized spacial score (nSPS) is 17.0. The Bertz CT molecular complexity index is 430.